The number of hydrogen-bond donors (Lipinski definition) is 1. The molecule has 0 amide bonds. The SMILES string of the molecule is COc1ccc(CCN([C@@H](C)C(=O)O)S(C)(=O)=O)cc1OC. The second-order valence-corrected chi connectivity index (χ2v) is 6.76. The molecule has 0 unspecified atom stereocenters. The van der Waals surface area contributed by atoms with Gasteiger partial charge in [-0.1, -0.05) is 6.07 Å². The second kappa shape index (κ2) is 7.46. The minimum absolute atomic E-state index is 0.0712. The molecular formula is C14H21NO6S. The Morgan fingerprint density at radius 3 is 2.32 bits per heavy atom. The molecule has 1 aromatic rings. The fourth-order valence-corrected chi connectivity index (χ4v) is 3.13. The third kappa shape index (κ3) is 4.60. The van der Waals surface area contributed by atoms with Crippen molar-refractivity contribution in [3.05, 3.63) is 23.8 Å². The van der Waals surface area contributed by atoms with Crippen molar-refractivity contribution in [2.24, 2.45) is 0 Å². The van der Waals surface area contributed by atoms with Gasteiger partial charge in [-0.3, -0.25) is 4.79 Å². The number of carboxylic acids is 1. The van der Waals surface area contributed by atoms with E-state index < -0.39 is 22.0 Å². The smallest absolute Gasteiger partial charge is 0.321 e. The number of nitrogens with zero attached hydrogens (tertiary/aromatic N) is 1. The van der Waals surface area contributed by atoms with Crippen molar-refractivity contribution in [2.75, 3.05) is 27.0 Å². The molecule has 1 aromatic carbocycles. The molecule has 1 N–H and O–H groups in total. The number of aliphatic carboxylic acids is 1. The monoisotopic (exact) mass is 331 g/mol. The topological polar surface area (TPSA) is 93.1 Å². The summed E-state index contributed by atoms with van der Waals surface area (Å²) in [4.78, 5) is 11.0. The molecule has 0 aliphatic rings. The number of rotatable bonds is 8. The highest BCUT2D eigenvalue weighted by atomic mass is 32.2. The number of hydrogen-bond acceptors (Lipinski definition) is 5. The van der Waals surface area contributed by atoms with Crippen molar-refractivity contribution in [3.63, 3.8) is 0 Å². The van der Waals surface area contributed by atoms with Crippen molar-refractivity contribution < 1.29 is 27.8 Å². The van der Waals surface area contributed by atoms with Gasteiger partial charge in [0.2, 0.25) is 10.0 Å². The molecule has 0 aliphatic heterocycles. The Hall–Kier alpha value is -1.80. The van der Waals surface area contributed by atoms with Crippen LogP contribution < -0.4 is 9.47 Å². The molecule has 0 aromatic heterocycles. The molecule has 8 heteroatoms. The molecule has 1 rings (SSSR count). The summed E-state index contributed by atoms with van der Waals surface area (Å²) in [5, 5.41) is 9.02. The largest absolute Gasteiger partial charge is 0.493 e. The standard InChI is InChI=1S/C14H21NO6S/c1-10(14(16)17)15(22(4,18)19)8-7-11-5-6-12(20-2)13(9-11)21-3/h5-6,9-10H,7-8H2,1-4H3,(H,16,17)/t10-/m0/s1. The molecular weight excluding hydrogens is 310 g/mol. The maximum Gasteiger partial charge on any atom is 0.321 e. The summed E-state index contributed by atoms with van der Waals surface area (Å²) in [5.74, 6) is -0.0694. The summed E-state index contributed by atoms with van der Waals surface area (Å²) in [7, 11) is -0.575. The molecule has 0 saturated heterocycles. The minimum atomic E-state index is -3.61. The van der Waals surface area contributed by atoms with Crippen LogP contribution in [0.3, 0.4) is 0 Å². The van der Waals surface area contributed by atoms with Crippen LogP contribution in [0.25, 0.3) is 0 Å². The van der Waals surface area contributed by atoms with Gasteiger partial charge in [0.15, 0.2) is 11.5 Å². The Bertz CT molecular complexity index is 628. The average Bonchev–Trinajstić information content (AvgIpc) is 2.45. The average molecular weight is 331 g/mol. The minimum Gasteiger partial charge on any atom is -0.493 e. The Balaban J connectivity index is 2.92. The maximum atomic E-state index is 11.7. The van der Waals surface area contributed by atoms with E-state index in [-0.39, 0.29) is 6.54 Å². The van der Waals surface area contributed by atoms with Crippen LogP contribution in [0.5, 0.6) is 11.5 Å². The summed E-state index contributed by atoms with van der Waals surface area (Å²) < 4.78 is 34.8. The molecule has 0 saturated carbocycles. The van der Waals surface area contributed by atoms with Crippen LogP contribution >= 0.6 is 0 Å². The van der Waals surface area contributed by atoms with Crippen LogP contribution in [0.2, 0.25) is 0 Å². The van der Waals surface area contributed by atoms with Crippen molar-refractivity contribution >= 4 is 16.0 Å². The van der Waals surface area contributed by atoms with E-state index in [0.29, 0.717) is 17.9 Å². The molecule has 0 bridgehead atoms. The Labute approximate surface area is 130 Å². The van der Waals surface area contributed by atoms with Gasteiger partial charge in [-0.05, 0) is 31.0 Å². The van der Waals surface area contributed by atoms with Crippen molar-refractivity contribution in [2.45, 2.75) is 19.4 Å². The van der Waals surface area contributed by atoms with Gasteiger partial charge < -0.3 is 14.6 Å². The van der Waals surface area contributed by atoms with E-state index >= 15 is 0 Å². The number of benzene rings is 1. The number of ether oxygens (including phenoxy) is 2. The normalized spacial score (nSPS) is 13.0. The van der Waals surface area contributed by atoms with Gasteiger partial charge in [0.25, 0.3) is 0 Å². The number of methoxy groups -OCH3 is 2. The highest BCUT2D eigenvalue weighted by molar-refractivity contribution is 7.88. The van der Waals surface area contributed by atoms with Crippen molar-refractivity contribution in [3.8, 4) is 11.5 Å². The fraction of sp³-hybridized carbons (Fsp3) is 0.500. The van der Waals surface area contributed by atoms with Crippen LogP contribution in [0.1, 0.15) is 12.5 Å². The van der Waals surface area contributed by atoms with Gasteiger partial charge in [0.05, 0.1) is 20.5 Å². The van der Waals surface area contributed by atoms with Crippen LogP contribution in [0.4, 0.5) is 0 Å². The van der Waals surface area contributed by atoms with E-state index in [1.54, 1.807) is 18.2 Å². The number of carboxylic acid groups (broad SMARTS) is 1. The molecule has 0 aliphatic carbocycles. The molecule has 0 fully saturated rings. The first-order valence-corrected chi connectivity index (χ1v) is 8.46. The number of sulfonamides is 1. The van der Waals surface area contributed by atoms with Crippen LogP contribution in [0, 0.1) is 0 Å². The summed E-state index contributed by atoms with van der Waals surface area (Å²) in [6, 6.07) is 4.13. The summed E-state index contributed by atoms with van der Waals surface area (Å²) in [6.45, 7) is 1.42. The van der Waals surface area contributed by atoms with Gasteiger partial charge in [-0.2, -0.15) is 4.31 Å². The zero-order valence-corrected chi connectivity index (χ0v) is 13.9. The third-order valence-corrected chi connectivity index (χ3v) is 4.63. The fourth-order valence-electron chi connectivity index (χ4n) is 2.05. The van der Waals surface area contributed by atoms with E-state index in [0.717, 1.165) is 16.1 Å². The summed E-state index contributed by atoms with van der Waals surface area (Å²) >= 11 is 0. The van der Waals surface area contributed by atoms with Gasteiger partial charge in [-0.15, -0.1) is 0 Å². The van der Waals surface area contributed by atoms with Gasteiger partial charge in [0, 0.05) is 6.54 Å². The molecule has 22 heavy (non-hydrogen) atoms. The highest BCUT2D eigenvalue weighted by Gasteiger charge is 2.28. The lowest BCUT2D eigenvalue weighted by molar-refractivity contribution is -0.140. The first-order chi connectivity index (χ1) is 10.2. The first-order valence-electron chi connectivity index (χ1n) is 6.61. The van der Waals surface area contributed by atoms with Gasteiger partial charge in [-0.25, -0.2) is 8.42 Å². The quantitative estimate of drug-likeness (QED) is 0.763. The number of carbonyl (C=O) groups is 1. The molecule has 0 spiro atoms. The van der Waals surface area contributed by atoms with E-state index in [1.165, 1.54) is 21.1 Å². The van der Waals surface area contributed by atoms with Gasteiger partial charge >= 0.3 is 5.97 Å². The Morgan fingerprint density at radius 1 is 1.27 bits per heavy atom. The lowest BCUT2D eigenvalue weighted by atomic mass is 10.1. The van der Waals surface area contributed by atoms with E-state index in [9.17, 15) is 13.2 Å². The first kappa shape index (κ1) is 18.2. The molecule has 0 radical (unpaired) electrons. The van der Waals surface area contributed by atoms with E-state index in [4.69, 9.17) is 14.6 Å². The van der Waals surface area contributed by atoms with Crippen molar-refractivity contribution in [1.82, 2.24) is 4.31 Å². The zero-order valence-electron chi connectivity index (χ0n) is 13.1. The van der Waals surface area contributed by atoms with Crippen LogP contribution in [-0.4, -0.2) is 56.9 Å². The van der Waals surface area contributed by atoms with Crippen LogP contribution in [0.15, 0.2) is 18.2 Å². The lowest BCUT2D eigenvalue weighted by Gasteiger charge is -2.23. The van der Waals surface area contributed by atoms with E-state index in [1.807, 2.05) is 0 Å². The van der Waals surface area contributed by atoms with Crippen LogP contribution in [-0.2, 0) is 21.2 Å². The molecule has 1 atom stereocenters. The maximum absolute atomic E-state index is 11.7. The highest BCUT2D eigenvalue weighted by Crippen LogP contribution is 2.27. The van der Waals surface area contributed by atoms with E-state index in [2.05, 4.69) is 0 Å². The summed E-state index contributed by atoms with van der Waals surface area (Å²) in [5.41, 5.74) is 0.823. The molecule has 7 nitrogen and oxygen atoms in total. The predicted octanol–water partition coefficient (Wildman–Crippen LogP) is 0.981. The zero-order chi connectivity index (χ0) is 16.9. The van der Waals surface area contributed by atoms with Gasteiger partial charge in [0.1, 0.15) is 6.04 Å². The second-order valence-electron chi connectivity index (χ2n) is 4.83. The summed E-state index contributed by atoms with van der Waals surface area (Å²) in [6.07, 6.45) is 1.37. The third-order valence-electron chi connectivity index (χ3n) is 3.28. The Morgan fingerprint density at radius 2 is 1.86 bits per heavy atom. The molecule has 124 valence electrons. The lowest BCUT2D eigenvalue weighted by Crippen LogP contribution is -2.43. The Kier molecular flexibility index (Phi) is 6.19. The van der Waals surface area contributed by atoms with Crippen molar-refractivity contribution in [1.29, 1.82) is 0 Å². The predicted molar refractivity (Wildman–Crippen MR) is 81.9 cm³/mol. The molecule has 0 heterocycles.